The fourth-order valence-electron chi connectivity index (χ4n) is 4.03. The summed E-state index contributed by atoms with van der Waals surface area (Å²) in [5, 5.41) is 12.3. The zero-order chi connectivity index (χ0) is 22.5. The number of esters is 1. The number of hydrogen-bond donors (Lipinski definition) is 1. The lowest BCUT2D eigenvalue weighted by atomic mass is 9.84. The van der Waals surface area contributed by atoms with E-state index >= 15 is 0 Å². The number of nitrogens with zero attached hydrogens (tertiary/aromatic N) is 2. The molecular weight excluding hydrogens is 401 g/mol. The van der Waals surface area contributed by atoms with Gasteiger partial charge in [0.25, 0.3) is 0 Å². The Labute approximate surface area is 174 Å². The fraction of sp³-hybridized carbons (Fsp3) is 0.667. The zero-order valence-electron chi connectivity index (χ0n) is 17.4. The van der Waals surface area contributed by atoms with Crippen LogP contribution in [-0.4, -0.2) is 59.5 Å². The van der Waals surface area contributed by atoms with Gasteiger partial charge in [-0.25, -0.2) is 0 Å². The van der Waals surface area contributed by atoms with Crippen LogP contribution in [0, 0.1) is 4.91 Å². The molecule has 4 atom stereocenters. The molecule has 1 aliphatic carbocycles. The highest BCUT2D eigenvalue weighted by molar-refractivity contribution is 5.78. The molecule has 30 heavy (non-hydrogen) atoms. The largest absolute Gasteiger partial charge is 0.462 e. The summed E-state index contributed by atoms with van der Waals surface area (Å²) in [7, 11) is 1.52. The minimum atomic E-state index is -4.82. The van der Waals surface area contributed by atoms with Crippen molar-refractivity contribution in [3.63, 3.8) is 0 Å². The lowest BCUT2D eigenvalue weighted by Crippen LogP contribution is -2.60. The van der Waals surface area contributed by atoms with Crippen LogP contribution in [0.5, 0.6) is 0 Å². The summed E-state index contributed by atoms with van der Waals surface area (Å²) in [5.74, 6) is -1.62. The molecule has 0 amide bonds. The minimum absolute atomic E-state index is 0.0424. The van der Waals surface area contributed by atoms with E-state index in [0.717, 1.165) is 0 Å². The van der Waals surface area contributed by atoms with Crippen molar-refractivity contribution in [1.82, 2.24) is 4.90 Å². The first kappa shape index (κ1) is 24.3. The van der Waals surface area contributed by atoms with Crippen molar-refractivity contribution in [1.29, 1.82) is 0 Å². The Morgan fingerprint density at radius 1 is 1.33 bits per heavy atom. The highest BCUT2D eigenvalue weighted by atomic mass is 19.4. The number of aliphatic hydroxyl groups excluding tert-OH is 1. The van der Waals surface area contributed by atoms with E-state index in [9.17, 15) is 28.0 Å². The van der Waals surface area contributed by atoms with Gasteiger partial charge >= 0.3 is 12.1 Å². The lowest BCUT2D eigenvalue weighted by molar-refractivity contribution is -0.206. The third-order valence-corrected chi connectivity index (χ3v) is 6.03. The van der Waals surface area contributed by atoms with Crippen molar-refractivity contribution in [2.75, 3.05) is 13.7 Å². The van der Waals surface area contributed by atoms with Gasteiger partial charge in [0.2, 0.25) is 5.54 Å². The molecule has 1 saturated carbocycles. The summed E-state index contributed by atoms with van der Waals surface area (Å²) in [6.45, 7) is 2.98. The third kappa shape index (κ3) is 5.00. The molecule has 1 aliphatic rings. The molecule has 1 aromatic carbocycles. The zero-order valence-corrected chi connectivity index (χ0v) is 17.4. The normalized spacial score (nSPS) is 26.3. The van der Waals surface area contributed by atoms with Gasteiger partial charge in [-0.1, -0.05) is 35.5 Å². The Balaban J connectivity index is 2.28. The molecule has 1 aromatic rings. The van der Waals surface area contributed by atoms with Crippen molar-refractivity contribution in [2.24, 2.45) is 5.18 Å². The monoisotopic (exact) mass is 430 g/mol. The summed E-state index contributed by atoms with van der Waals surface area (Å²) in [6.07, 6.45) is -6.03. The molecular formula is C21H29F3N2O4. The quantitative estimate of drug-likeness (QED) is 0.402. The van der Waals surface area contributed by atoms with Gasteiger partial charge in [-0.05, 0) is 45.7 Å². The number of rotatable bonds is 7. The first-order valence-corrected chi connectivity index (χ1v) is 10.1. The number of alkyl halides is 3. The van der Waals surface area contributed by atoms with Crippen LogP contribution in [0.1, 0.15) is 51.0 Å². The summed E-state index contributed by atoms with van der Waals surface area (Å²) in [6, 6.07) is 7.02. The number of carbonyl (C=O) groups is 1. The molecule has 0 aromatic heterocycles. The second-order valence-corrected chi connectivity index (χ2v) is 8.12. The average Bonchev–Trinajstić information content (AvgIpc) is 2.88. The second-order valence-electron chi connectivity index (χ2n) is 8.12. The fourth-order valence-corrected chi connectivity index (χ4v) is 4.03. The van der Waals surface area contributed by atoms with E-state index in [1.165, 1.54) is 11.9 Å². The first-order valence-electron chi connectivity index (χ1n) is 10.1. The van der Waals surface area contributed by atoms with Gasteiger partial charge in [0.1, 0.15) is 12.0 Å². The third-order valence-electron chi connectivity index (χ3n) is 6.03. The van der Waals surface area contributed by atoms with E-state index < -0.39 is 48.8 Å². The maximum absolute atomic E-state index is 14.0. The second kappa shape index (κ2) is 9.87. The Kier molecular flexibility index (Phi) is 7.99. The van der Waals surface area contributed by atoms with Crippen LogP contribution in [-0.2, 0) is 9.53 Å². The number of nitroso groups, excluding NO2 is 1. The number of aliphatic hydroxyl groups is 1. The van der Waals surface area contributed by atoms with E-state index in [2.05, 4.69) is 5.18 Å². The number of ether oxygens (including phenoxy) is 1. The average molecular weight is 430 g/mol. The highest BCUT2D eigenvalue weighted by Gasteiger charge is 2.63. The van der Waals surface area contributed by atoms with E-state index in [-0.39, 0.29) is 25.3 Å². The molecule has 0 spiro atoms. The van der Waals surface area contributed by atoms with Gasteiger partial charge in [-0.3, -0.25) is 9.69 Å². The Bertz CT molecular complexity index is 714. The van der Waals surface area contributed by atoms with E-state index in [0.29, 0.717) is 5.56 Å². The van der Waals surface area contributed by atoms with Crippen LogP contribution in [0.25, 0.3) is 0 Å². The molecule has 0 aliphatic heterocycles. The van der Waals surface area contributed by atoms with Gasteiger partial charge < -0.3 is 9.84 Å². The van der Waals surface area contributed by atoms with Crippen molar-refractivity contribution in [3.8, 4) is 0 Å². The molecule has 2 rings (SSSR count). The minimum Gasteiger partial charge on any atom is -0.462 e. The predicted molar refractivity (Wildman–Crippen MR) is 106 cm³/mol. The molecule has 9 heteroatoms. The lowest BCUT2D eigenvalue weighted by Gasteiger charge is -2.42. The maximum Gasteiger partial charge on any atom is 0.418 e. The summed E-state index contributed by atoms with van der Waals surface area (Å²) >= 11 is 0. The summed E-state index contributed by atoms with van der Waals surface area (Å²) < 4.78 is 47.5. The van der Waals surface area contributed by atoms with Crippen LogP contribution in [0.4, 0.5) is 13.2 Å². The molecule has 6 nitrogen and oxygen atoms in total. The van der Waals surface area contributed by atoms with Crippen LogP contribution in [0.2, 0.25) is 0 Å². The standard InChI is InChI=1S/C21H29F3N2O4/c1-14(2)26(3)18-12-16(10-7-11-20(18,25-29)21(22,23)24)30-19(28)17(13-27)15-8-5-4-6-9-15/h4-6,8-9,14,16-18,27H,7,10-13H2,1-3H3. The topological polar surface area (TPSA) is 79.2 Å². The van der Waals surface area contributed by atoms with Crippen molar-refractivity contribution in [3.05, 3.63) is 40.8 Å². The Morgan fingerprint density at radius 3 is 2.47 bits per heavy atom. The highest BCUT2D eigenvalue weighted by Crippen LogP contribution is 2.46. The smallest absolute Gasteiger partial charge is 0.418 e. The van der Waals surface area contributed by atoms with Crippen molar-refractivity contribution in [2.45, 2.75) is 75.4 Å². The van der Waals surface area contributed by atoms with Crippen LogP contribution in [0.15, 0.2) is 35.5 Å². The molecule has 0 radical (unpaired) electrons. The van der Waals surface area contributed by atoms with E-state index in [1.54, 1.807) is 44.2 Å². The molecule has 1 N–H and O–H groups in total. The maximum atomic E-state index is 14.0. The number of likely N-dealkylation sites (N-methyl/N-ethyl adjacent to an activating group) is 1. The van der Waals surface area contributed by atoms with Crippen LogP contribution < -0.4 is 0 Å². The van der Waals surface area contributed by atoms with Gasteiger partial charge in [0.05, 0.1) is 12.6 Å². The van der Waals surface area contributed by atoms with E-state index in [1.807, 2.05) is 0 Å². The predicted octanol–water partition coefficient (Wildman–Crippen LogP) is 4.02. The van der Waals surface area contributed by atoms with Gasteiger partial charge in [0, 0.05) is 12.5 Å². The number of halogens is 3. The number of benzene rings is 1. The molecule has 0 bridgehead atoms. The number of carbonyl (C=O) groups excluding carboxylic acids is 1. The molecule has 4 unspecified atom stereocenters. The number of hydrogen-bond acceptors (Lipinski definition) is 6. The van der Waals surface area contributed by atoms with Crippen LogP contribution in [0.3, 0.4) is 0 Å². The van der Waals surface area contributed by atoms with Gasteiger partial charge in [-0.15, -0.1) is 4.91 Å². The molecule has 0 heterocycles. The van der Waals surface area contributed by atoms with E-state index in [4.69, 9.17) is 4.74 Å². The first-order chi connectivity index (χ1) is 14.1. The van der Waals surface area contributed by atoms with Crippen molar-refractivity contribution < 1.29 is 27.8 Å². The molecule has 1 fully saturated rings. The molecule has 168 valence electrons. The van der Waals surface area contributed by atoms with Crippen molar-refractivity contribution >= 4 is 5.97 Å². The van der Waals surface area contributed by atoms with Gasteiger partial charge in [0.15, 0.2) is 0 Å². The van der Waals surface area contributed by atoms with Crippen LogP contribution >= 0.6 is 0 Å². The summed E-state index contributed by atoms with van der Waals surface area (Å²) in [4.78, 5) is 25.7. The van der Waals surface area contributed by atoms with Gasteiger partial charge in [-0.2, -0.15) is 13.2 Å². The SMILES string of the molecule is CC(C)N(C)C1CC(OC(=O)C(CO)c2ccccc2)CCCC1(N=O)C(F)(F)F. The Morgan fingerprint density at radius 2 is 1.97 bits per heavy atom. The molecule has 0 saturated heterocycles. The summed E-state index contributed by atoms with van der Waals surface area (Å²) in [5.41, 5.74) is -2.20. The Hall–Kier alpha value is -2.00.